The number of aromatic nitrogens is 2. The fourth-order valence-corrected chi connectivity index (χ4v) is 4.57. The molecule has 1 aliphatic rings. The molecular formula is C23H17ClFN3O5S. The summed E-state index contributed by atoms with van der Waals surface area (Å²) in [4.78, 5) is 20.5. The predicted octanol–water partition coefficient (Wildman–Crippen LogP) is 4.40. The van der Waals surface area contributed by atoms with Gasteiger partial charge in [0.05, 0.1) is 22.5 Å². The first-order valence-electron chi connectivity index (χ1n) is 10.1. The molecule has 0 spiro atoms. The smallest absolute Gasteiger partial charge is 0.229 e. The van der Waals surface area contributed by atoms with Gasteiger partial charge in [0, 0.05) is 40.5 Å². The summed E-state index contributed by atoms with van der Waals surface area (Å²) in [7, 11) is -3.73. The van der Waals surface area contributed by atoms with Crippen LogP contribution in [0.3, 0.4) is 0 Å². The van der Waals surface area contributed by atoms with Gasteiger partial charge in [0.15, 0.2) is 23.1 Å². The van der Waals surface area contributed by atoms with Gasteiger partial charge in [-0.1, -0.05) is 17.7 Å². The Labute approximate surface area is 198 Å². The van der Waals surface area contributed by atoms with Crippen molar-refractivity contribution in [2.45, 2.75) is 0 Å². The lowest BCUT2D eigenvalue weighted by Crippen LogP contribution is -2.15. The number of benzene rings is 2. The molecule has 0 amide bonds. The van der Waals surface area contributed by atoms with Gasteiger partial charge in [-0.05, 0) is 24.3 Å². The van der Waals surface area contributed by atoms with Crippen LogP contribution >= 0.6 is 11.6 Å². The Balaban J connectivity index is 1.58. The second-order valence-electron chi connectivity index (χ2n) is 7.67. The molecule has 3 heterocycles. The molecule has 174 valence electrons. The third-order valence-electron chi connectivity index (χ3n) is 5.26. The van der Waals surface area contributed by atoms with E-state index in [0.717, 1.165) is 6.26 Å². The van der Waals surface area contributed by atoms with Gasteiger partial charge in [0.1, 0.15) is 18.9 Å². The number of H-pyrrole nitrogens is 1. The first-order chi connectivity index (χ1) is 16.2. The lowest BCUT2D eigenvalue weighted by atomic mass is 10.00. The largest absolute Gasteiger partial charge is 0.486 e. The highest BCUT2D eigenvalue weighted by atomic mass is 35.5. The summed E-state index contributed by atoms with van der Waals surface area (Å²) in [6.07, 6.45) is 3.93. The van der Waals surface area contributed by atoms with Gasteiger partial charge in [-0.25, -0.2) is 17.8 Å². The zero-order valence-electron chi connectivity index (χ0n) is 17.7. The number of anilines is 1. The molecule has 0 fully saturated rings. The Morgan fingerprint density at radius 1 is 1.15 bits per heavy atom. The predicted molar refractivity (Wildman–Crippen MR) is 126 cm³/mol. The van der Waals surface area contributed by atoms with Gasteiger partial charge in [-0.3, -0.25) is 9.52 Å². The first kappa shape index (κ1) is 22.2. The van der Waals surface area contributed by atoms with E-state index in [-0.39, 0.29) is 16.8 Å². The molecule has 2 aromatic heterocycles. The molecule has 0 bridgehead atoms. The van der Waals surface area contributed by atoms with Gasteiger partial charge in [0.25, 0.3) is 0 Å². The van der Waals surface area contributed by atoms with Crippen LogP contribution < -0.4 is 14.2 Å². The van der Waals surface area contributed by atoms with Crippen molar-refractivity contribution in [2.24, 2.45) is 0 Å². The number of rotatable bonds is 5. The summed E-state index contributed by atoms with van der Waals surface area (Å²) >= 11 is 6.47. The number of hydrogen-bond donors (Lipinski definition) is 2. The fourth-order valence-electron chi connectivity index (χ4n) is 3.75. The van der Waals surface area contributed by atoms with E-state index < -0.39 is 21.6 Å². The summed E-state index contributed by atoms with van der Waals surface area (Å²) in [6.45, 7) is 0.850. The molecule has 1 aliphatic heterocycles. The summed E-state index contributed by atoms with van der Waals surface area (Å²) in [5.74, 6) is -0.502. The van der Waals surface area contributed by atoms with Crippen molar-refractivity contribution in [1.82, 2.24) is 9.97 Å². The molecule has 0 radical (unpaired) electrons. The number of hydrogen-bond acceptors (Lipinski definition) is 6. The van der Waals surface area contributed by atoms with Crippen molar-refractivity contribution in [3.63, 3.8) is 0 Å². The SMILES string of the molecule is CS(=O)(=O)Nc1cccc(C(=O)c2c[nH]c3ncc(-c4cc5c(cc4Cl)OCCO5)cc23)c1F. The van der Waals surface area contributed by atoms with E-state index >= 15 is 0 Å². The number of ether oxygens (including phenoxy) is 2. The second kappa shape index (κ2) is 8.30. The normalized spacial score (nSPS) is 13.1. The van der Waals surface area contributed by atoms with Crippen LogP contribution in [-0.4, -0.2) is 43.6 Å². The van der Waals surface area contributed by atoms with Crippen molar-refractivity contribution < 1.29 is 27.1 Å². The van der Waals surface area contributed by atoms with Crippen molar-refractivity contribution in [1.29, 1.82) is 0 Å². The third kappa shape index (κ3) is 4.06. The van der Waals surface area contributed by atoms with Crippen LogP contribution in [0.4, 0.5) is 10.1 Å². The molecule has 11 heteroatoms. The van der Waals surface area contributed by atoms with E-state index in [4.69, 9.17) is 21.1 Å². The van der Waals surface area contributed by atoms with Crippen molar-refractivity contribution >= 4 is 44.1 Å². The quantitative estimate of drug-likeness (QED) is 0.392. The first-order valence-corrected chi connectivity index (χ1v) is 12.4. The minimum Gasteiger partial charge on any atom is -0.486 e. The number of aromatic amines is 1. The van der Waals surface area contributed by atoms with Crippen LogP contribution in [0.15, 0.2) is 48.8 Å². The van der Waals surface area contributed by atoms with E-state index in [9.17, 15) is 17.6 Å². The molecule has 4 aromatic rings. The lowest BCUT2D eigenvalue weighted by molar-refractivity contribution is 0.103. The molecule has 8 nitrogen and oxygen atoms in total. The molecule has 5 rings (SSSR count). The van der Waals surface area contributed by atoms with Crippen LogP contribution in [-0.2, 0) is 10.0 Å². The molecule has 0 saturated heterocycles. The fraction of sp³-hybridized carbons (Fsp3) is 0.130. The Morgan fingerprint density at radius 2 is 1.88 bits per heavy atom. The minimum absolute atomic E-state index is 0.174. The highest BCUT2D eigenvalue weighted by Gasteiger charge is 2.22. The maximum absolute atomic E-state index is 15.0. The maximum atomic E-state index is 15.0. The van der Waals surface area contributed by atoms with Crippen molar-refractivity contribution in [3.05, 3.63) is 70.8 Å². The molecule has 0 saturated carbocycles. The van der Waals surface area contributed by atoms with E-state index in [1.807, 2.05) is 0 Å². The standard InChI is InChI=1S/C23H17ClFN3O5S/c1-34(30,31)28-18-4-2-3-13(21(18)25)22(29)16-11-27-23-15(16)7-12(10-26-23)14-8-19-20(9-17(14)24)33-6-5-32-19/h2-4,7-11,28H,5-6H2,1H3,(H,26,27). The molecule has 0 unspecified atom stereocenters. The lowest BCUT2D eigenvalue weighted by Gasteiger charge is -2.19. The molecular weight excluding hydrogens is 485 g/mol. The molecule has 34 heavy (non-hydrogen) atoms. The van der Waals surface area contributed by atoms with Crippen LogP contribution in [0, 0.1) is 5.82 Å². The molecule has 0 aliphatic carbocycles. The van der Waals surface area contributed by atoms with E-state index in [1.54, 1.807) is 24.4 Å². The Kier molecular flexibility index (Phi) is 5.41. The van der Waals surface area contributed by atoms with E-state index in [2.05, 4.69) is 14.7 Å². The topological polar surface area (TPSA) is 110 Å². The summed E-state index contributed by atoms with van der Waals surface area (Å²) < 4.78 is 51.3. The highest BCUT2D eigenvalue weighted by molar-refractivity contribution is 7.92. The van der Waals surface area contributed by atoms with E-state index in [1.165, 1.54) is 24.4 Å². The number of carbonyl (C=O) groups excluding carboxylic acids is 1. The van der Waals surface area contributed by atoms with Gasteiger partial charge < -0.3 is 14.5 Å². The average molecular weight is 502 g/mol. The van der Waals surface area contributed by atoms with Gasteiger partial charge in [-0.15, -0.1) is 0 Å². The number of carbonyl (C=O) groups is 1. The zero-order chi connectivity index (χ0) is 24.0. The molecule has 0 atom stereocenters. The zero-order valence-corrected chi connectivity index (χ0v) is 19.3. The Hall–Kier alpha value is -3.63. The number of halogens is 2. The number of nitrogens with one attached hydrogen (secondary N) is 2. The average Bonchev–Trinajstić information content (AvgIpc) is 3.22. The third-order valence-corrected chi connectivity index (χ3v) is 6.16. The van der Waals surface area contributed by atoms with Crippen LogP contribution in [0.5, 0.6) is 11.5 Å². The van der Waals surface area contributed by atoms with Crippen LogP contribution in [0.1, 0.15) is 15.9 Å². The van der Waals surface area contributed by atoms with Gasteiger partial charge in [0.2, 0.25) is 10.0 Å². The van der Waals surface area contributed by atoms with Crippen molar-refractivity contribution in [3.8, 4) is 22.6 Å². The summed E-state index contributed by atoms with van der Waals surface area (Å²) in [5.41, 5.74) is 1.26. The van der Waals surface area contributed by atoms with Crippen molar-refractivity contribution in [2.75, 3.05) is 24.2 Å². The van der Waals surface area contributed by atoms with E-state index in [0.29, 0.717) is 51.9 Å². The Bertz CT molecular complexity index is 1570. The second-order valence-corrected chi connectivity index (χ2v) is 9.82. The molecule has 2 N–H and O–H groups in total. The Morgan fingerprint density at radius 3 is 2.62 bits per heavy atom. The van der Waals surface area contributed by atoms with Crippen LogP contribution in [0.2, 0.25) is 5.02 Å². The minimum atomic E-state index is -3.73. The summed E-state index contributed by atoms with van der Waals surface area (Å²) in [5, 5.41) is 0.869. The maximum Gasteiger partial charge on any atom is 0.229 e. The highest BCUT2D eigenvalue weighted by Crippen LogP contribution is 2.40. The summed E-state index contributed by atoms with van der Waals surface area (Å²) in [6, 6.07) is 9.06. The number of sulfonamides is 1. The monoisotopic (exact) mass is 501 g/mol. The molecule has 2 aromatic carbocycles. The number of fused-ring (bicyclic) bond motifs is 2. The number of pyridine rings is 1. The van der Waals surface area contributed by atoms with Crippen LogP contribution in [0.25, 0.3) is 22.2 Å². The van der Waals surface area contributed by atoms with Gasteiger partial charge in [-0.2, -0.15) is 0 Å². The van der Waals surface area contributed by atoms with Gasteiger partial charge >= 0.3 is 0 Å². The number of nitrogens with zero attached hydrogens (tertiary/aromatic N) is 1. The number of ketones is 1.